The van der Waals surface area contributed by atoms with E-state index < -0.39 is 4.92 Å². The molecule has 0 saturated heterocycles. The van der Waals surface area contributed by atoms with E-state index in [-0.39, 0.29) is 11.5 Å². The molecule has 0 saturated carbocycles. The summed E-state index contributed by atoms with van der Waals surface area (Å²) in [5.41, 5.74) is -0.0994. The monoisotopic (exact) mass is 253 g/mol. The Morgan fingerprint density at radius 2 is 2.17 bits per heavy atom. The van der Waals surface area contributed by atoms with Crippen LogP contribution in [0.5, 0.6) is 0 Å². The summed E-state index contributed by atoms with van der Waals surface area (Å²) in [6.45, 7) is 7.44. The molecule has 0 aliphatic carbocycles. The first-order valence-corrected chi connectivity index (χ1v) is 6.03. The van der Waals surface area contributed by atoms with Gasteiger partial charge in [0, 0.05) is 13.1 Å². The van der Waals surface area contributed by atoms with Crippen LogP contribution < -0.4 is 10.6 Å². The van der Waals surface area contributed by atoms with Crippen LogP contribution in [0.1, 0.15) is 27.2 Å². The molecule has 0 spiro atoms. The Hall–Kier alpha value is -1.92. The normalized spacial score (nSPS) is 10.4. The first-order chi connectivity index (χ1) is 8.54. The highest BCUT2D eigenvalue weighted by molar-refractivity contribution is 5.56. The van der Waals surface area contributed by atoms with Crippen molar-refractivity contribution in [3.8, 4) is 0 Å². The Labute approximate surface area is 106 Å². The summed E-state index contributed by atoms with van der Waals surface area (Å²) < 4.78 is 0. The lowest BCUT2D eigenvalue weighted by molar-refractivity contribution is -0.384. The van der Waals surface area contributed by atoms with E-state index in [9.17, 15) is 10.1 Å². The average molecular weight is 253 g/mol. The van der Waals surface area contributed by atoms with Gasteiger partial charge in [-0.2, -0.15) is 4.98 Å². The van der Waals surface area contributed by atoms with E-state index in [1.165, 1.54) is 6.20 Å². The molecule has 0 radical (unpaired) electrons. The van der Waals surface area contributed by atoms with Crippen molar-refractivity contribution in [3.63, 3.8) is 0 Å². The Kier molecular flexibility index (Phi) is 5.29. The number of nitro groups is 1. The first kappa shape index (κ1) is 14.1. The van der Waals surface area contributed by atoms with Crippen LogP contribution in [0.25, 0.3) is 0 Å². The summed E-state index contributed by atoms with van der Waals surface area (Å²) in [6.07, 6.45) is 2.17. The Balaban J connectivity index is 2.88. The number of nitrogens with zero attached hydrogens (tertiary/aromatic N) is 3. The number of rotatable bonds is 7. The lowest BCUT2D eigenvalue weighted by Crippen LogP contribution is -2.13. The van der Waals surface area contributed by atoms with Gasteiger partial charge in [-0.1, -0.05) is 20.8 Å². The van der Waals surface area contributed by atoms with Gasteiger partial charge in [0.05, 0.1) is 4.92 Å². The van der Waals surface area contributed by atoms with Gasteiger partial charge in [0.25, 0.3) is 0 Å². The summed E-state index contributed by atoms with van der Waals surface area (Å²) in [7, 11) is 0. The second kappa shape index (κ2) is 6.73. The molecule has 1 rings (SSSR count). The van der Waals surface area contributed by atoms with Gasteiger partial charge in [0.2, 0.25) is 11.8 Å². The number of nitrogens with one attached hydrogen (secondary N) is 2. The van der Waals surface area contributed by atoms with Crippen molar-refractivity contribution in [2.24, 2.45) is 5.92 Å². The Bertz CT molecular complexity index is 408. The lowest BCUT2D eigenvalue weighted by Gasteiger charge is -2.10. The molecule has 0 atom stereocenters. The minimum atomic E-state index is -0.480. The van der Waals surface area contributed by atoms with Crippen molar-refractivity contribution < 1.29 is 4.92 Å². The second-order valence-corrected chi connectivity index (χ2v) is 4.39. The third kappa shape index (κ3) is 4.15. The highest BCUT2D eigenvalue weighted by Gasteiger charge is 2.17. The maximum Gasteiger partial charge on any atom is 0.329 e. The maximum absolute atomic E-state index is 10.9. The van der Waals surface area contributed by atoms with E-state index in [1.807, 2.05) is 20.8 Å². The third-order valence-electron chi connectivity index (χ3n) is 2.18. The SMILES string of the molecule is CCCNc1ncc([N+](=O)[O-])c(NCC(C)C)n1. The molecule has 0 unspecified atom stereocenters. The van der Waals surface area contributed by atoms with Gasteiger partial charge in [-0.05, 0) is 12.3 Å². The summed E-state index contributed by atoms with van der Waals surface area (Å²) in [5.74, 6) is 1.06. The molecule has 1 aromatic rings. The maximum atomic E-state index is 10.9. The highest BCUT2D eigenvalue weighted by Crippen LogP contribution is 2.22. The second-order valence-electron chi connectivity index (χ2n) is 4.39. The molecule has 0 bridgehead atoms. The van der Waals surface area contributed by atoms with E-state index in [2.05, 4.69) is 20.6 Å². The van der Waals surface area contributed by atoms with Gasteiger partial charge in [-0.3, -0.25) is 10.1 Å². The van der Waals surface area contributed by atoms with Gasteiger partial charge < -0.3 is 10.6 Å². The molecular weight excluding hydrogens is 234 g/mol. The topological polar surface area (TPSA) is 93.0 Å². The van der Waals surface area contributed by atoms with E-state index >= 15 is 0 Å². The smallest absolute Gasteiger partial charge is 0.329 e. The van der Waals surface area contributed by atoms with Crippen molar-refractivity contribution in [2.45, 2.75) is 27.2 Å². The van der Waals surface area contributed by atoms with Crippen molar-refractivity contribution >= 4 is 17.5 Å². The Morgan fingerprint density at radius 3 is 2.72 bits per heavy atom. The van der Waals surface area contributed by atoms with Crippen LogP contribution >= 0.6 is 0 Å². The predicted octanol–water partition coefficient (Wildman–Crippen LogP) is 2.27. The highest BCUT2D eigenvalue weighted by atomic mass is 16.6. The molecule has 0 aromatic carbocycles. The Morgan fingerprint density at radius 1 is 1.44 bits per heavy atom. The number of anilines is 2. The molecule has 1 heterocycles. The van der Waals surface area contributed by atoms with Crippen LogP contribution in [0.15, 0.2) is 6.20 Å². The van der Waals surface area contributed by atoms with Crippen LogP contribution in [-0.2, 0) is 0 Å². The largest absolute Gasteiger partial charge is 0.364 e. The molecular formula is C11H19N5O2. The van der Waals surface area contributed by atoms with Gasteiger partial charge in [0.15, 0.2) is 0 Å². The molecule has 18 heavy (non-hydrogen) atoms. The van der Waals surface area contributed by atoms with Gasteiger partial charge in [-0.25, -0.2) is 4.98 Å². The van der Waals surface area contributed by atoms with Crippen molar-refractivity contribution in [1.29, 1.82) is 0 Å². The lowest BCUT2D eigenvalue weighted by atomic mass is 10.2. The van der Waals surface area contributed by atoms with E-state index in [1.54, 1.807) is 0 Å². The molecule has 0 aliphatic rings. The summed E-state index contributed by atoms with van der Waals surface area (Å²) >= 11 is 0. The fourth-order valence-electron chi connectivity index (χ4n) is 1.26. The standard InChI is InChI=1S/C11H19N5O2/c1-4-5-12-11-14-7-9(16(17)18)10(15-11)13-6-8(2)3/h7-8H,4-6H2,1-3H3,(H2,12,13,14,15). The van der Waals surface area contributed by atoms with Gasteiger partial charge >= 0.3 is 5.69 Å². The fraction of sp³-hybridized carbons (Fsp3) is 0.636. The summed E-state index contributed by atoms with van der Waals surface area (Å²) in [6, 6.07) is 0. The summed E-state index contributed by atoms with van der Waals surface area (Å²) in [5, 5.41) is 16.8. The molecule has 100 valence electrons. The van der Waals surface area contributed by atoms with Gasteiger partial charge in [0.1, 0.15) is 6.20 Å². The minimum absolute atomic E-state index is 0.0994. The first-order valence-electron chi connectivity index (χ1n) is 6.03. The number of hydrogen-bond acceptors (Lipinski definition) is 6. The van der Waals surface area contributed by atoms with Crippen molar-refractivity contribution in [1.82, 2.24) is 9.97 Å². The number of aromatic nitrogens is 2. The van der Waals surface area contributed by atoms with Crippen LogP contribution in [0.2, 0.25) is 0 Å². The molecule has 0 aliphatic heterocycles. The van der Waals surface area contributed by atoms with E-state index in [4.69, 9.17) is 0 Å². The predicted molar refractivity (Wildman–Crippen MR) is 70.8 cm³/mol. The zero-order chi connectivity index (χ0) is 13.5. The molecule has 1 aromatic heterocycles. The van der Waals surface area contributed by atoms with Crippen LogP contribution in [0, 0.1) is 16.0 Å². The zero-order valence-corrected chi connectivity index (χ0v) is 10.9. The van der Waals surface area contributed by atoms with E-state index in [0.29, 0.717) is 18.4 Å². The quantitative estimate of drug-likeness (QED) is 0.572. The molecule has 0 amide bonds. The van der Waals surface area contributed by atoms with Crippen molar-refractivity contribution in [3.05, 3.63) is 16.3 Å². The molecule has 7 heteroatoms. The fourth-order valence-corrected chi connectivity index (χ4v) is 1.26. The van der Waals surface area contributed by atoms with Crippen LogP contribution in [-0.4, -0.2) is 28.0 Å². The van der Waals surface area contributed by atoms with Crippen LogP contribution in [0.4, 0.5) is 17.5 Å². The average Bonchev–Trinajstić information content (AvgIpc) is 2.33. The van der Waals surface area contributed by atoms with E-state index in [0.717, 1.165) is 13.0 Å². The minimum Gasteiger partial charge on any atom is -0.364 e. The molecule has 7 nitrogen and oxygen atoms in total. The number of hydrogen-bond donors (Lipinski definition) is 2. The molecule has 2 N–H and O–H groups in total. The third-order valence-corrected chi connectivity index (χ3v) is 2.18. The van der Waals surface area contributed by atoms with Crippen molar-refractivity contribution in [2.75, 3.05) is 23.7 Å². The summed E-state index contributed by atoms with van der Waals surface area (Å²) in [4.78, 5) is 18.4. The zero-order valence-electron chi connectivity index (χ0n) is 10.9. The van der Waals surface area contributed by atoms with Crippen LogP contribution in [0.3, 0.4) is 0 Å². The van der Waals surface area contributed by atoms with Gasteiger partial charge in [-0.15, -0.1) is 0 Å². The molecule has 0 fully saturated rings.